The summed E-state index contributed by atoms with van der Waals surface area (Å²) in [5, 5.41) is 9.56. The summed E-state index contributed by atoms with van der Waals surface area (Å²) in [6.07, 6.45) is -5.28. The third-order valence-electron chi connectivity index (χ3n) is 2.79. The van der Waals surface area contributed by atoms with E-state index in [0.29, 0.717) is 11.1 Å². The van der Waals surface area contributed by atoms with Gasteiger partial charge in [-0.25, -0.2) is 0 Å². The average molecular weight is 247 g/mol. The highest BCUT2D eigenvalue weighted by atomic mass is 19.4. The van der Waals surface area contributed by atoms with Gasteiger partial charge in [-0.3, -0.25) is 0 Å². The Morgan fingerprint density at radius 1 is 1.35 bits per heavy atom. The number of nitrogens with two attached hydrogens (primary N) is 1. The summed E-state index contributed by atoms with van der Waals surface area (Å²) in [6, 6.07) is 2.58. The molecule has 1 heterocycles. The number of fused-ring (bicyclic) bond motifs is 1. The lowest BCUT2D eigenvalue weighted by molar-refractivity contribution is -0.137. The van der Waals surface area contributed by atoms with Crippen LogP contribution < -0.4 is 5.73 Å². The van der Waals surface area contributed by atoms with Gasteiger partial charge in [0, 0.05) is 0 Å². The number of rotatable bonds is 0. The Morgan fingerprint density at radius 2 is 2.06 bits per heavy atom. The first-order valence-electron chi connectivity index (χ1n) is 5.11. The summed E-state index contributed by atoms with van der Waals surface area (Å²) in [4.78, 5) is 0. The van der Waals surface area contributed by atoms with Gasteiger partial charge in [0.1, 0.15) is 0 Å². The molecule has 94 valence electrons. The van der Waals surface area contributed by atoms with Gasteiger partial charge in [0.05, 0.1) is 30.9 Å². The largest absolute Gasteiger partial charge is 0.416 e. The lowest BCUT2D eigenvalue weighted by atomic mass is 9.96. The van der Waals surface area contributed by atoms with Gasteiger partial charge in [-0.2, -0.15) is 13.2 Å². The second kappa shape index (κ2) is 4.29. The van der Waals surface area contributed by atoms with Gasteiger partial charge in [-0.15, -0.1) is 0 Å². The van der Waals surface area contributed by atoms with E-state index in [1.165, 1.54) is 6.07 Å². The van der Waals surface area contributed by atoms with E-state index in [0.717, 1.165) is 12.1 Å². The maximum absolute atomic E-state index is 12.5. The van der Waals surface area contributed by atoms with Gasteiger partial charge in [0.25, 0.3) is 0 Å². The van der Waals surface area contributed by atoms with E-state index in [1.54, 1.807) is 0 Å². The van der Waals surface area contributed by atoms with Gasteiger partial charge in [0.15, 0.2) is 0 Å². The van der Waals surface area contributed by atoms with Gasteiger partial charge >= 0.3 is 6.18 Å². The van der Waals surface area contributed by atoms with Crippen molar-refractivity contribution >= 4 is 0 Å². The van der Waals surface area contributed by atoms with Gasteiger partial charge in [-0.05, 0) is 23.3 Å². The van der Waals surface area contributed by atoms with Crippen LogP contribution in [0.3, 0.4) is 0 Å². The van der Waals surface area contributed by atoms with Crippen LogP contribution in [0.2, 0.25) is 0 Å². The molecule has 1 aliphatic heterocycles. The molecule has 3 nitrogen and oxygen atoms in total. The molecule has 0 unspecified atom stereocenters. The first kappa shape index (κ1) is 12.3. The van der Waals surface area contributed by atoms with Crippen LogP contribution in [0, 0.1) is 0 Å². The third kappa shape index (κ3) is 2.43. The van der Waals surface area contributed by atoms with Crippen molar-refractivity contribution in [2.45, 2.75) is 24.9 Å². The van der Waals surface area contributed by atoms with Crippen LogP contribution in [-0.4, -0.2) is 17.8 Å². The Kier molecular flexibility index (Phi) is 3.11. The molecular weight excluding hydrogens is 235 g/mol. The number of aliphatic hydroxyl groups is 1. The van der Waals surface area contributed by atoms with Crippen molar-refractivity contribution in [2.24, 2.45) is 5.73 Å². The molecule has 2 atom stereocenters. The van der Waals surface area contributed by atoms with Gasteiger partial charge < -0.3 is 15.6 Å². The first-order valence-corrected chi connectivity index (χ1v) is 5.11. The molecule has 1 aliphatic rings. The topological polar surface area (TPSA) is 55.5 Å². The summed E-state index contributed by atoms with van der Waals surface area (Å²) in [5.74, 6) is 0. The fraction of sp³-hybridized carbons (Fsp3) is 0.455. The number of alkyl halides is 3. The fourth-order valence-electron chi connectivity index (χ4n) is 1.83. The highest BCUT2D eigenvalue weighted by Gasteiger charge is 2.32. The Bertz CT molecular complexity index is 420. The molecule has 3 N–H and O–H groups in total. The Morgan fingerprint density at radius 3 is 2.71 bits per heavy atom. The van der Waals surface area contributed by atoms with Crippen molar-refractivity contribution in [1.82, 2.24) is 0 Å². The zero-order valence-corrected chi connectivity index (χ0v) is 8.87. The molecule has 2 rings (SSSR count). The van der Waals surface area contributed by atoms with Crippen molar-refractivity contribution in [3.63, 3.8) is 0 Å². The molecule has 0 fully saturated rings. The molecule has 0 bridgehead atoms. The molecule has 0 amide bonds. The molecule has 0 radical (unpaired) electrons. The minimum atomic E-state index is -4.38. The highest BCUT2D eigenvalue weighted by molar-refractivity contribution is 5.36. The summed E-state index contributed by atoms with van der Waals surface area (Å²) in [7, 11) is 0. The lowest BCUT2D eigenvalue weighted by Crippen LogP contribution is -2.28. The molecule has 0 saturated carbocycles. The summed E-state index contributed by atoms with van der Waals surface area (Å²) in [6.45, 7) is 0.0568. The molecule has 1 aromatic rings. The molecule has 6 heteroatoms. The maximum Gasteiger partial charge on any atom is 0.416 e. The summed E-state index contributed by atoms with van der Waals surface area (Å²) >= 11 is 0. The van der Waals surface area contributed by atoms with E-state index >= 15 is 0 Å². The Balaban J connectivity index is 2.43. The standard InChI is InChI=1S/C11H12F3NO2/c12-11(13,14)7-1-2-8-6(3-7)4-17-5-9(16)10(8)15/h1-3,9-10,16H,4-5,15H2/t9-,10-/m1/s1. The highest BCUT2D eigenvalue weighted by Crippen LogP contribution is 2.33. The molecular formula is C11H12F3NO2. The van der Waals surface area contributed by atoms with E-state index in [2.05, 4.69) is 0 Å². The van der Waals surface area contributed by atoms with E-state index in [1.807, 2.05) is 0 Å². The summed E-state index contributed by atoms with van der Waals surface area (Å²) in [5.41, 5.74) is 5.89. The Hall–Kier alpha value is -1.11. The predicted octanol–water partition coefficient (Wildman–Crippen LogP) is 1.60. The van der Waals surface area contributed by atoms with Crippen LogP contribution in [-0.2, 0) is 17.5 Å². The average Bonchev–Trinajstić information content (AvgIpc) is 2.38. The Labute approximate surface area is 96.0 Å². The van der Waals surface area contributed by atoms with Crippen LogP contribution in [0.4, 0.5) is 13.2 Å². The van der Waals surface area contributed by atoms with Crippen molar-refractivity contribution in [1.29, 1.82) is 0 Å². The number of hydrogen-bond donors (Lipinski definition) is 2. The minimum absolute atomic E-state index is 0.0250. The zero-order chi connectivity index (χ0) is 12.6. The quantitative estimate of drug-likeness (QED) is 0.732. The van der Waals surface area contributed by atoms with E-state index < -0.39 is 23.9 Å². The molecule has 1 aromatic carbocycles. The number of ether oxygens (including phenoxy) is 1. The minimum Gasteiger partial charge on any atom is -0.389 e. The van der Waals surface area contributed by atoms with E-state index in [4.69, 9.17) is 10.5 Å². The second-order valence-corrected chi connectivity index (χ2v) is 4.02. The molecule has 0 aliphatic carbocycles. The predicted molar refractivity (Wildman–Crippen MR) is 54.0 cm³/mol. The van der Waals surface area contributed by atoms with Crippen molar-refractivity contribution < 1.29 is 23.0 Å². The molecule has 0 saturated heterocycles. The monoisotopic (exact) mass is 247 g/mol. The third-order valence-corrected chi connectivity index (χ3v) is 2.79. The van der Waals surface area contributed by atoms with Crippen LogP contribution in [0.15, 0.2) is 18.2 Å². The normalized spacial score (nSPS) is 25.2. The van der Waals surface area contributed by atoms with Crippen molar-refractivity contribution in [3.05, 3.63) is 34.9 Å². The van der Waals surface area contributed by atoms with Gasteiger partial charge in [0.2, 0.25) is 0 Å². The van der Waals surface area contributed by atoms with Crippen LogP contribution in [0.25, 0.3) is 0 Å². The van der Waals surface area contributed by atoms with Crippen molar-refractivity contribution in [2.75, 3.05) is 6.61 Å². The van der Waals surface area contributed by atoms with Crippen molar-refractivity contribution in [3.8, 4) is 0 Å². The first-order chi connectivity index (χ1) is 7.89. The fourth-order valence-corrected chi connectivity index (χ4v) is 1.83. The van der Waals surface area contributed by atoms with E-state index in [9.17, 15) is 18.3 Å². The zero-order valence-electron chi connectivity index (χ0n) is 8.87. The lowest BCUT2D eigenvalue weighted by Gasteiger charge is -2.17. The number of aliphatic hydroxyl groups excluding tert-OH is 1. The second-order valence-electron chi connectivity index (χ2n) is 4.02. The molecule has 0 spiro atoms. The summed E-state index contributed by atoms with van der Waals surface area (Å²) < 4.78 is 42.6. The maximum atomic E-state index is 12.5. The SMILES string of the molecule is N[C@@H]1c2ccc(C(F)(F)F)cc2COC[C@H]1O. The number of halogens is 3. The molecule has 17 heavy (non-hydrogen) atoms. The smallest absolute Gasteiger partial charge is 0.389 e. The number of benzene rings is 1. The van der Waals surface area contributed by atoms with Gasteiger partial charge in [-0.1, -0.05) is 6.07 Å². The van der Waals surface area contributed by atoms with E-state index in [-0.39, 0.29) is 13.2 Å². The van der Waals surface area contributed by atoms with Crippen LogP contribution >= 0.6 is 0 Å². The van der Waals surface area contributed by atoms with Crippen LogP contribution in [0.1, 0.15) is 22.7 Å². The molecule has 0 aromatic heterocycles. The van der Waals surface area contributed by atoms with Crippen LogP contribution in [0.5, 0.6) is 0 Å². The number of hydrogen-bond acceptors (Lipinski definition) is 3.